The van der Waals surface area contributed by atoms with Gasteiger partial charge in [-0.3, -0.25) is 9.59 Å². The zero-order chi connectivity index (χ0) is 21.5. The summed E-state index contributed by atoms with van der Waals surface area (Å²) in [4.78, 5) is 23.2. The first kappa shape index (κ1) is 26.7. The Morgan fingerprint density at radius 3 is 1.29 bits per heavy atom. The van der Waals surface area contributed by atoms with E-state index < -0.39 is 0 Å². The Bertz CT molecular complexity index is 452. The molecule has 0 saturated heterocycles. The van der Waals surface area contributed by atoms with Gasteiger partial charge in [-0.05, 0) is 80.1 Å². The third kappa shape index (κ3) is 21.0. The molecule has 0 saturated carbocycles. The first-order valence-corrected chi connectivity index (χ1v) is 11.1. The van der Waals surface area contributed by atoms with Gasteiger partial charge < -0.3 is 9.47 Å². The number of ether oxygens (including phenoxy) is 2. The Morgan fingerprint density at radius 2 is 0.893 bits per heavy atom. The van der Waals surface area contributed by atoms with Crippen molar-refractivity contribution in [2.24, 2.45) is 0 Å². The lowest BCUT2D eigenvalue weighted by Gasteiger charge is -2.19. The van der Waals surface area contributed by atoms with Crippen molar-refractivity contribution in [2.45, 2.75) is 130 Å². The SMILES string of the molecule is CC(C)(C)OC(=O)CCCCC/C=C/CCCCCCCC(=O)OC(C)(C)C. The standard InChI is InChI=1S/C24H44O4/c1-23(2,3)27-21(25)19-17-15-13-11-9-7-8-10-12-14-16-18-20-22(26)28-24(4,5)6/h7,9H,8,10-20H2,1-6H3/b9-7+. The molecule has 164 valence electrons. The highest BCUT2D eigenvalue weighted by atomic mass is 16.6. The van der Waals surface area contributed by atoms with Crippen LogP contribution in [0, 0.1) is 0 Å². The molecular formula is C24H44O4. The first-order chi connectivity index (χ1) is 13.0. The van der Waals surface area contributed by atoms with E-state index in [1.807, 2.05) is 41.5 Å². The summed E-state index contributed by atoms with van der Waals surface area (Å²) >= 11 is 0. The zero-order valence-corrected chi connectivity index (χ0v) is 19.3. The van der Waals surface area contributed by atoms with E-state index >= 15 is 0 Å². The number of hydrogen-bond donors (Lipinski definition) is 0. The van der Waals surface area contributed by atoms with Crippen LogP contribution in [0.2, 0.25) is 0 Å². The summed E-state index contributed by atoms with van der Waals surface area (Å²) in [6.07, 6.45) is 16.5. The van der Waals surface area contributed by atoms with Gasteiger partial charge in [-0.1, -0.05) is 37.8 Å². The van der Waals surface area contributed by atoms with Crippen LogP contribution in [0.1, 0.15) is 119 Å². The lowest BCUT2D eigenvalue weighted by molar-refractivity contribution is -0.156. The number of unbranched alkanes of at least 4 members (excludes halogenated alkanes) is 8. The van der Waals surface area contributed by atoms with Crippen molar-refractivity contribution >= 4 is 11.9 Å². The maximum atomic E-state index is 11.6. The molecular weight excluding hydrogens is 352 g/mol. The Labute approximate surface area is 173 Å². The molecule has 0 spiro atoms. The molecule has 0 bridgehead atoms. The molecule has 0 fully saturated rings. The van der Waals surface area contributed by atoms with E-state index in [0.29, 0.717) is 12.8 Å². The second kappa shape index (κ2) is 14.6. The molecule has 0 aromatic carbocycles. The number of hydrogen-bond acceptors (Lipinski definition) is 4. The summed E-state index contributed by atoms with van der Waals surface area (Å²) < 4.78 is 10.6. The Balaban J connectivity index is 3.39. The Hall–Kier alpha value is -1.32. The van der Waals surface area contributed by atoms with Crippen molar-refractivity contribution in [3.63, 3.8) is 0 Å². The lowest BCUT2D eigenvalue weighted by Crippen LogP contribution is -2.23. The smallest absolute Gasteiger partial charge is 0.306 e. The van der Waals surface area contributed by atoms with Gasteiger partial charge in [0, 0.05) is 12.8 Å². The van der Waals surface area contributed by atoms with Gasteiger partial charge in [-0.15, -0.1) is 0 Å². The number of esters is 2. The fraction of sp³-hybridized carbons (Fsp3) is 0.833. The fourth-order valence-corrected chi connectivity index (χ4v) is 2.79. The predicted octanol–water partition coefficient (Wildman–Crippen LogP) is 6.91. The van der Waals surface area contributed by atoms with Crippen LogP contribution < -0.4 is 0 Å². The first-order valence-electron chi connectivity index (χ1n) is 11.1. The van der Waals surface area contributed by atoms with Gasteiger partial charge in [-0.2, -0.15) is 0 Å². The minimum Gasteiger partial charge on any atom is -0.460 e. The molecule has 0 aromatic rings. The highest BCUT2D eigenvalue weighted by Crippen LogP contribution is 2.13. The predicted molar refractivity (Wildman–Crippen MR) is 116 cm³/mol. The van der Waals surface area contributed by atoms with Crippen molar-refractivity contribution in [3.05, 3.63) is 12.2 Å². The van der Waals surface area contributed by atoms with Gasteiger partial charge in [0.25, 0.3) is 0 Å². The summed E-state index contributed by atoms with van der Waals surface area (Å²) in [5.74, 6) is -0.171. The van der Waals surface area contributed by atoms with Crippen LogP contribution in [-0.4, -0.2) is 23.1 Å². The van der Waals surface area contributed by atoms with Crippen LogP contribution in [0.25, 0.3) is 0 Å². The van der Waals surface area contributed by atoms with E-state index in [-0.39, 0.29) is 23.1 Å². The number of carbonyl (C=O) groups excluding carboxylic acids is 2. The van der Waals surface area contributed by atoms with Gasteiger partial charge >= 0.3 is 11.9 Å². The Morgan fingerprint density at radius 1 is 0.571 bits per heavy atom. The molecule has 0 radical (unpaired) electrons. The molecule has 4 nitrogen and oxygen atoms in total. The Kier molecular flexibility index (Phi) is 14.0. The van der Waals surface area contributed by atoms with Crippen molar-refractivity contribution in [1.82, 2.24) is 0 Å². The summed E-state index contributed by atoms with van der Waals surface area (Å²) in [6.45, 7) is 11.4. The molecule has 0 aromatic heterocycles. The molecule has 4 heteroatoms. The largest absolute Gasteiger partial charge is 0.460 e. The summed E-state index contributed by atoms with van der Waals surface area (Å²) in [7, 11) is 0. The third-order valence-corrected chi connectivity index (χ3v) is 4.01. The van der Waals surface area contributed by atoms with Crippen molar-refractivity contribution in [3.8, 4) is 0 Å². The average Bonchev–Trinajstić information content (AvgIpc) is 2.51. The fourth-order valence-electron chi connectivity index (χ4n) is 2.79. The lowest BCUT2D eigenvalue weighted by atomic mass is 10.1. The zero-order valence-electron chi connectivity index (χ0n) is 19.3. The number of rotatable bonds is 14. The second-order valence-electron chi connectivity index (χ2n) is 9.55. The molecule has 28 heavy (non-hydrogen) atoms. The molecule has 0 unspecified atom stereocenters. The van der Waals surface area contributed by atoms with E-state index in [1.165, 1.54) is 19.3 Å². The van der Waals surface area contributed by atoms with Gasteiger partial charge in [0.1, 0.15) is 11.2 Å². The van der Waals surface area contributed by atoms with Crippen molar-refractivity contribution in [1.29, 1.82) is 0 Å². The minimum atomic E-state index is -0.377. The van der Waals surface area contributed by atoms with Crippen LogP contribution in [0.15, 0.2) is 12.2 Å². The average molecular weight is 397 g/mol. The van der Waals surface area contributed by atoms with Crippen LogP contribution in [0.3, 0.4) is 0 Å². The minimum absolute atomic E-state index is 0.0819. The monoisotopic (exact) mass is 396 g/mol. The summed E-state index contributed by atoms with van der Waals surface area (Å²) in [5.41, 5.74) is -0.751. The summed E-state index contributed by atoms with van der Waals surface area (Å²) in [6, 6.07) is 0. The quantitative estimate of drug-likeness (QED) is 0.182. The molecule has 0 amide bonds. The maximum Gasteiger partial charge on any atom is 0.306 e. The molecule has 0 rings (SSSR count). The van der Waals surface area contributed by atoms with Crippen LogP contribution in [0.5, 0.6) is 0 Å². The van der Waals surface area contributed by atoms with E-state index in [4.69, 9.17) is 9.47 Å². The van der Waals surface area contributed by atoms with Gasteiger partial charge in [-0.25, -0.2) is 0 Å². The normalized spacial score (nSPS) is 12.4. The van der Waals surface area contributed by atoms with Crippen molar-refractivity contribution in [2.75, 3.05) is 0 Å². The van der Waals surface area contributed by atoms with E-state index in [9.17, 15) is 9.59 Å². The maximum absolute atomic E-state index is 11.6. The van der Waals surface area contributed by atoms with Crippen molar-refractivity contribution < 1.29 is 19.1 Å². The molecule has 0 heterocycles. The molecule has 0 aliphatic heterocycles. The molecule has 0 atom stereocenters. The van der Waals surface area contributed by atoms with Gasteiger partial charge in [0.05, 0.1) is 0 Å². The summed E-state index contributed by atoms with van der Waals surface area (Å²) in [5, 5.41) is 0. The molecule has 0 aliphatic carbocycles. The van der Waals surface area contributed by atoms with E-state index in [2.05, 4.69) is 12.2 Å². The van der Waals surface area contributed by atoms with Gasteiger partial charge in [0.15, 0.2) is 0 Å². The van der Waals surface area contributed by atoms with E-state index in [1.54, 1.807) is 0 Å². The number of carbonyl (C=O) groups is 2. The van der Waals surface area contributed by atoms with Crippen LogP contribution in [0.4, 0.5) is 0 Å². The number of allylic oxidation sites excluding steroid dienone is 2. The van der Waals surface area contributed by atoms with Crippen LogP contribution in [-0.2, 0) is 19.1 Å². The van der Waals surface area contributed by atoms with E-state index in [0.717, 1.165) is 44.9 Å². The second-order valence-corrected chi connectivity index (χ2v) is 9.55. The topological polar surface area (TPSA) is 52.6 Å². The van der Waals surface area contributed by atoms with Crippen LogP contribution >= 0.6 is 0 Å². The third-order valence-electron chi connectivity index (χ3n) is 4.01. The molecule has 0 aliphatic rings. The highest BCUT2D eigenvalue weighted by Gasteiger charge is 2.16. The van der Waals surface area contributed by atoms with Gasteiger partial charge in [0.2, 0.25) is 0 Å². The highest BCUT2D eigenvalue weighted by molar-refractivity contribution is 5.70. The molecule has 0 N–H and O–H groups in total.